The minimum Gasteiger partial charge on any atom is -0.387 e. The van der Waals surface area contributed by atoms with Gasteiger partial charge in [0.15, 0.2) is 5.03 Å². The summed E-state index contributed by atoms with van der Waals surface area (Å²) in [5, 5.41) is 13.2. The molecule has 0 saturated heterocycles. The molecule has 8 heteroatoms. The second-order valence-electron chi connectivity index (χ2n) is 6.26. The number of aliphatic hydroxyl groups is 1. The van der Waals surface area contributed by atoms with Gasteiger partial charge < -0.3 is 9.67 Å². The van der Waals surface area contributed by atoms with Gasteiger partial charge in [0, 0.05) is 36.0 Å². The third-order valence-electron chi connectivity index (χ3n) is 4.02. The number of imidazole rings is 1. The molecule has 0 aliphatic rings. The molecule has 2 heterocycles. The molecule has 0 amide bonds. The number of aliphatic hydroxyl groups excluding tert-OH is 1. The fourth-order valence-corrected chi connectivity index (χ4v) is 4.79. The minimum absolute atomic E-state index is 0.0268. The molecule has 0 spiro atoms. The van der Waals surface area contributed by atoms with Gasteiger partial charge in [-0.15, -0.1) is 11.3 Å². The first-order valence-electron chi connectivity index (χ1n) is 7.96. The summed E-state index contributed by atoms with van der Waals surface area (Å²) in [5.74, 6) is 0.821. The number of benzene rings is 1. The van der Waals surface area contributed by atoms with Crippen LogP contribution in [0, 0.1) is 0 Å². The highest BCUT2D eigenvalue weighted by molar-refractivity contribution is 7.89. The highest BCUT2D eigenvalue weighted by atomic mass is 32.2. The molecule has 3 aromatic rings. The maximum absolute atomic E-state index is 12.5. The van der Waals surface area contributed by atoms with E-state index in [0.717, 1.165) is 15.6 Å². The van der Waals surface area contributed by atoms with Crippen LogP contribution in [0.4, 0.5) is 0 Å². The highest BCUT2D eigenvalue weighted by Crippen LogP contribution is 2.30. The fraction of sp³-hybridized carbons (Fsp3) is 0.353. The Hall–Kier alpha value is -1.74. The molecule has 2 aromatic heterocycles. The quantitative estimate of drug-likeness (QED) is 0.690. The minimum atomic E-state index is -3.77. The van der Waals surface area contributed by atoms with Crippen molar-refractivity contribution in [2.45, 2.75) is 30.9 Å². The second-order valence-corrected chi connectivity index (χ2v) is 8.88. The van der Waals surface area contributed by atoms with Crippen molar-refractivity contribution in [1.29, 1.82) is 0 Å². The van der Waals surface area contributed by atoms with E-state index >= 15 is 0 Å². The van der Waals surface area contributed by atoms with Crippen molar-refractivity contribution < 1.29 is 13.5 Å². The SMILES string of the molecule is CC(C)c1nc(S(=O)(=O)NCC(O)c2csc3ccccc23)cn1C. The van der Waals surface area contributed by atoms with Crippen LogP contribution in [0.3, 0.4) is 0 Å². The second kappa shape index (κ2) is 6.87. The molecule has 134 valence electrons. The number of thiophene rings is 1. The van der Waals surface area contributed by atoms with Gasteiger partial charge in [-0.2, -0.15) is 0 Å². The van der Waals surface area contributed by atoms with Crippen LogP contribution >= 0.6 is 11.3 Å². The Balaban J connectivity index is 1.77. The van der Waals surface area contributed by atoms with Crippen LogP contribution in [0.5, 0.6) is 0 Å². The van der Waals surface area contributed by atoms with Crippen molar-refractivity contribution in [3.63, 3.8) is 0 Å². The van der Waals surface area contributed by atoms with Gasteiger partial charge in [-0.3, -0.25) is 0 Å². The van der Waals surface area contributed by atoms with Gasteiger partial charge in [0.1, 0.15) is 5.82 Å². The van der Waals surface area contributed by atoms with Crippen LogP contribution in [-0.4, -0.2) is 29.6 Å². The molecule has 1 aromatic carbocycles. The molecule has 25 heavy (non-hydrogen) atoms. The molecular weight excluding hydrogens is 358 g/mol. The van der Waals surface area contributed by atoms with Crippen molar-refractivity contribution >= 4 is 31.4 Å². The highest BCUT2D eigenvalue weighted by Gasteiger charge is 2.22. The van der Waals surface area contributed by atoms with Crippen LogP contribution in [0.25, 0.3) is 10.1 Å². The summed E-state index contributed by atoms with van der Waals surface area (Å²) in [7, 11) is -2.00. The Morgan fingerprint density at radius 2 is 2.04 bits per heavy atom. The molecule has 2 N–H and O–H groups in total. The van der Waals surface area contributed by atoms with Crippen LogP contribution in [-0.2, 0) is 17.1 Å². The Kier molecular flexibility index (Phi) is 4.97. The molecule has 1 unspecified atom stereocenters. The number of sulfonamides is 1. The van der Waals surface area contributed by atoms with E-state index in [-0.39, 0.29) is 17.5 Å². The molecule has 0 bridgehead atoms. The van der Waals surface area contributed by atoms with E-state index in [1.54, 1.807) is 11.6 Å². The van der Waals surface area contributed by atoms with Crippen molar-refractivity contribution in [2.24, 2.45) is 7.05 Å². The zero-order chi connectivity index (χ0) is 18.2. The van der Waals surface area contributed by atoms with Crippen LogP contribution < -0.4 is 4.72 Å². The summed E-state index contributed by atoms with van der Waals surface area (Å²) in [6, 6.07) is 7.73. The summed E-state index contributed by atoms with van der Waals surface area (Å²) in [4.78, 5) is 4.20. The summed E-state index contributed by atoms with van der Waals surface area (Å²) in [5.41, 5.74) is 0.729. The lowest BCUT2D eigenvalue weighted by molar-refractivity contribution is 0.184. The fourth-order valence-electron chi connectivity index (χ4n) is 2.75. The Morgan fingerprint density at radius 3 is 2.72 bits per heavy atom. The van der Waals surface area contributed by atoms with Crippen molar-refractivity contribution in [3.8, 4) is 0 Å². The first-order chi connectivity index (χ1) is 11.8. The topological polar surface area (TPSA) is 84.2 Å². The number of hydrogen-bond acceptors (Lipinski definition) is 5. The monoisotopic (exact) mass is 379 g/mol. The van der Waals surface area contributed by atoms with E-state index < -0.39 is 16.1 Å². The van der Waals surface area contributed by atoms with Gasteiger partial charge >= 0.3 is 0 Å². The van der Waals surface area contributed by atoms with Gasteiger partial charge in [0.05, 0.1) is 6.10 Å². The average molecular weight is 380 g/mol. The van der Waals surface area contributed by atoms with Gasteiger partial charge in [-0.1, -0.05) is 32.0 Å². The lowest BCUT2D eigenvalue weighted by Gasteiger charge is -2.11. The molecule has 0 saturated carbocycles. The first-order valence-corrected chi connectivity index (χ1v) is 10.3. The van der Waals surface area contributed by atoms with E-state index in [1.807, 2.05) is 43.5 Å². The van der Waals surface area contributed by atoms with E-state index in [9.17, 15) is 13.5 Å². The number of nitrogens with zero attached hydrogens (tertiary/aromatic N) is 2. The van der Waals surface area contributed by atoms with E-state index in [0.29, 0.717) is 5.82 Å². The number of aryl methyl sites for hydroxylation is 1. The molecule has 0 fully saturated rings. The molecule has 3 rings (SSSR count). The van der Waals surface area contributed by atoms with Crippen LogP contribution in [0.15, 0.2) is 40.9 Å². The van der Waals surface area contributed by atoms with Crippen molar-refractivity contribution in [1.82, 2.24) is 14.3 Å². The number of fused-ring (bicyclic) bond motifs is 1. The predicted octanol–water partition coefficient (Wildman–Crippen LogP) is 2.77. The first kappa shape index (κ1) is 18.1. The van der Waals surface area contributed by atoms with Gasteiger partial charge in [-0.05, 0) is 16.8 Å². The number of nitrogens with one attached hydrogen (secondary N) is 1. The maximum Gasteiger partial charge on any atom is 0.259 e. The lowest BCUT2D eigenvalue weighted by Crippen LogP contribution is -2.28. The molecule has 6 nitrogen and oxygen atoms in total. The smallest absolute Gasteiger partial charge is 0.259 e. The summed E-state index contributed by atoms with van der Waals surface area (Å²) >= 11 is 1.53. The average Bonchev–Trinajstić information content (AvgIpc) is 3.16. The Bertz CT molecular complexity index is 990. The molecular formula is C17H21N3O3S2. The number of hydrogen-bond donors (Lipinski definition) is 2. The normalized spacial score (nSPS) is 13.6. The largest absolute Gasteiger partial charge is 0.387 e. The Morgan fingerprint density at radius 1 is 1.32 bits per heavy atom. The molecule has 1 atom stereocenters. The third-order valence-corrected chi connectivity index (χ3v) is 6.29. The van der Waals surface area contributed by atoms with Gasteiger partial charge in [0.2, 0.25) is 0 Å². The van der Waals surface area contributed by atoms with Gasteiger partial charge in [-0.25, -0.2) is 18.1 Å². The standard InChI is InChI=1S/C17H21N3O3S2/c1-11(2)17-19-16(9-20(17)3)25(22,23)18-8-14(21)13-10-24-15-7-5-4-6-12(13)15/h4-7,9-11,14,18,21H,8H2,1-3H3. The van der Waals surface area contributed by atoms with Crippen LogP contribution in [0.1, 0.15) is 37.3 Å². The zero-order valence-electron chi connectivity index (χ0n) is 14.3. The van der Waals surface area contributed by atoms with Crippen molar-refractivity contribution in [2.75, 3.05) is 6.54 Å². The molecule has 0 aliphatic heterocycles. The summed E-state index contributed by atoms with van der Waals surface area (Å²) < 4.78 is 30.2. The molecule has 0 aliphatic carbocycles. The number of aromatic nitrogens is 2. The number of rotatable bonds is 6. The van der Waals surface area contributed by atoms with E-state index in [1.165, 1.54) is 17.5 Å². The van der Waals surface area contributed by atoms with Gasteiger partial charge in [0.25, 0.3) is 10.0 Å². The van der Waals surface area contributed by atoms with E-state index in [2.05, 4.69) is 9.71 Å². The van der Waals surface area contributed by atoms with Crippen molar-refractivity contribution in [3.05, 3.63) is 47.2 Å². The predicted molar refractivity (Wildman–Crippen MR) is 99.3 cm³/mol. The zero-order valence-corrected chi connectivity index (χ0v) is 15.9. The Labute approximate surface area is 151 Å². The van der Waals surface area contributed by atoms with E-state index in [4.69, 9.17) is 0 Å². The molecule has 0 radical (unpaired) electrons. The lowest BCUT2D eigenvalue weighted by atomic mass is 10.1. The maximum atomic E-state index is 12.5. The summed E-state index contributed by atoms with van der Waals surface area (Å²) in [6.07, 6.45) is 0.573. The summed E-state index contributed by atoms with van der Waals surface area (Å²) in [6.45, 7) is 3.81. The van der Waals surface area contributed by atoms with Crippen LogP contribution in [0.2, 0.25) is 0 Å². The third kappa shape index (κ3) is 3.62.